The molecule has 0 aliphatic heterocycles. The Bertz CT molecular complexity index is 1210. The third kappa shape index (κ3) is 4.98. The number of hydrogen-bond donors (Lipinski definition) is 0. The quantitative estimate of drug-likeness (QED) is 0.204. The lowest BCUT2D eigenvalue weighted by molar-refractivity contribution is 0.0216. The van der Waals surface area contributed by atoms with E-state index >= 15 is 0 Å². The number of anilines is 1. The normalized spacial score (nSPS) is 13.1. The Morgan fingerprint density at radius 2 is 1.12 bits per heavy atom. The molecule has 4 rings (SSSR count). The predicted molar refractivity (Wildman–Crippen MR) is 145 cm³/mol. The largest absolute Gasteiger partial charge is 0.378 e. The van der Waals surface area contributed by atoms with E-state index in [0.717, 1.165) is 22.3 Å². The fourth-order valence-electron chi connectivity index (χ4n) is 4.33. The fraction of sp³-hybridized carbons (Fsp3) is 0.188. The van der Waals surface area contributed by atoms with Crippen molar-refractivity contribution in [2.24, 2.45) is 0 Å². The van der Waals surface area contributed by atoms with Crippen LogP contribution in [0.25, 0.3) is 12.2 Å². The molecule has 0 saturated heterocycles. The summed E-state index contributed by atoms with van der Waals surface area (Å²) in [4.78, 5) is 2.11. The highest BCUT2D eigenvalue weighted by atomic mass is 16.5. The van der Waals surface area contributed by atoms with Crippen LogP contribution >= 0.6 is 0 Å². The third-order valence-electron chi connectivity index (χ3n) is 6.19. The van der Waals surface area contributed by atoms with Crippen LogP contribution in [0.3, 0.4) is 0 Å². The van der Waals surface area contributed by atoms with Gasteiger partial charge in [0.25, 0.3) is 0 Å². The number of benzene rings is 4. The molecule has 0 N–H and O–H groups in total. The van der Waals surface area contributed by atoms with Crippen molar-refractivity contribution in [2.45, 2.75) is 19.4 Å². The molecule has 0 spiro atoms. The number of hydrogen-bond acceptors (Lipinski definition) is 2. The van der Waals surface area contributed by atoms with Crippen molar-refractivity contribution < 1.29 is 4.74 Å². The van der Waals surface area contributed by atoms with Gasteiger partial charge >= 0.3 is 0 Å². The van der Waals surface area contributed by atoms with Gasteiger partial charge in [0.2, 0.25) is 0 Å². The second-order valence-corrected chi connectivity index (χ2v) is 8.79. The van der Waals surface area contributed by atoms with Crippen LogP contribution in [0, 0.1) is 6.92 Å². The van der Waals surface area contributed by atoms with Crippen molar-refractivity contribution in [2.75, 3.05) is 25.6 Å². The minimum Gasteiger partial charge on any atom is -0.378 e. The molecule has 1 unspecified atom stereocenters. The number of rotatable bonds is 8. The van der Waals surface area contributed by atoms with Crippen LogP contribution in [0.4, 0.5) is 5.69 Å². The maximum atomic E-state index is 6.61. The van der Waals surface area contributed by atoms with Crippen LogP contribution in [0.5, 0.6) is 0 Å². The average Bonchev–Trinajstić information content (AvgIpc) is 2.88. The molecular weight excluding hydrogens is 414 g/mol. The van der Waals surface area contributed by atoms with Crippen molar-refractivity contribution in [3.63, 3.8) is 0 Å². The van der Waals surface area contributed by atoms with Crippen LogP contribution < -0.4 is 4.90 Å². The number of aryl methyl sites for hydroxylation is 1. The van der Waals surface area contributed by atoms with Crippen molar-refractivity contribution in [3.05, 3.63) is 137 Å². The lowest BCUT2D eigenvalue weighted by Gasteiger charge is -2.35. The van der Waals surface area contributed by atoms with E-state index < -0.39 is 5.60 Å². The molecule has 34 heavy (non-hydrogen) atoms. The molecule has 2 nitrogen and oxygen atoms in total. The zero-order valence-electron chi connectivity index (χ0n) is 20.5. The molecule has 4 aromatic rings. The predicted octanol–water partition coefficient (Wildman–Crippen LogP) is 7.56. The second-order valence-electron chi connectivity index (χ2n) is 8.79. The molecular formula is C32H33NO. The van der Waals surface area contributed by atoms with Gasteiger partial charge in [0.1, 0.15) is 5.60 Å². The Labute approximate surface area is 204 Å². The van der Waals surface area contributed by atoms with E-state index in [9.17, 15) is 0 Å². The molecule has 2 heteroatoms. The summed E-state index contributed by atoms with van der Waals surface area (Å²) in [5.74, 6) is 0. The zero-order chi connectivity index (χ0) is 24.0. The van der Waals surface area contributed by atoms with Crippen molar-refractivity contribution in [1.29, 1.82) is 0 Å². The average molecular weight is 448 g/mol. The summed E-state index contributed by atoms with van der Waals surface area (Å²) in [6, 6.07) is 36.5. The van der Waals surface area contributed by atoms with Gasteiger partial charge in [-0.25, -0.2) is 0 Å². The number of nitrogens with zero attached hydrogens (tertiary/aromatic N) is 1. The van der Waals surface area contributed by atoms with E-state index in [1.165, 1.54) is 16.8 Å². The highest BCUT2D eigenvalue weighted by molar-refractivity contribution is 5.71. The van der Waals surface area contributed by atoms with Gasteiger partial charge in [0, 0.05) is 26.4 Å². The first-order valence-electron chi connectivity index (χ1n) is 11.9. The second kappa shape index (κ2) is 10.5. The molecule has 0 fully saturated rings. The van der Waals surface area contributed by atoms with Crippen LogP contribution in [-0.2, 0) is 10.3 Å². The van der Waals surface area contributed by atoms with Gasteiger partial charge in [-0.2, -0.15) is 0 Å². The highest BCUT2D eigenvalue weighted by Crippen LogP contribution is 2.40. The summed E-state index contributed by atoms with van der Waals surface area (Å²) in [6.45, 7) is 4.78. The third-order valence-corrected chi connectivity index (χ3v) is 6.19. The number of ether oxygens (including phenoxy) is 1. The lowest BCUT2D eigenvalue weighted by Crippen LogP contribution is -2.33. The Kier molecular flexibility index (Phi) is 7.30. The van der Waals surface area contributed by atoms with Crippen LogP contribution in [-0.4, -0.2) is 20.7 Å². The first kappa shape index (κ1) is 23.5. The molecule has 0 saturated carbocycles. The first-order chi connectivity index (χ1) is 16.5. The van der Waals surface area contributed by atoms with E-state index in [1.807, 2.05) is 6.07 Å². The summed E-state index contributed by atoms with van der Waals surface area (Å²) < 4.78 is 6.61. The smallest absolute Gasteiger partial charge is 0.143 e. The molecule has 0 aliphatic carbocycles. The van der Waals surface area contributed by atoms with Crippen molar-refractivity contribution in [1.82, 2.24) is 0 Å². The van der Waals surface area contributed by atoms with Crippen molar-refractivity contribution in [3.8, 4) is 0 Å². The van der Waals surface area contributed by atoms with Crippen LogP contribution in [0.1, 0.15) is 40.3 Å². The fourth-order valence-corrected chi connectivity index (χ4v) is 4.33. The van der Waals surface area contributed by atoms with E-state index in [2.05, 4.69) is 142 Å². The Hall–Kier alpha value is -3.62. The van der Waals surface area contributed by atoms with E-state index in [-0.39, 0.29) is 0 Å². The monoisotopic (exact) mass is 447 g/mol. The molecule has 0 heterocycles. The SMILES string of the molecule is CCOC(c1ccccc1)(c1ccc(C)cc1)c1ccc(/C=C/c2ccc(N(C)C)cc2)cc1. The minimum atomic E-state index is -0.659. The van der Waals surface area contributed by atoms with E-state index in [0.29, 0.717) is 6.61 Å². The van der Waals surface area contributed by atoms with E-state index in [1.54, 1.807) is 0 Å². The topological polar surface area (TPSA) is 12.5 Å². The summed E-state index contributed by atoms with van der Waals surface area (Å²) >= 11 is 0. The molecule has 0 bridgehead atoms. The van der Waals surface area contributed by atoms with Gasteiger partial charge in [-0.1, -0.05) is 109 Å². The van der Waals surface area contributed by atoms with Gasteiger partial charge < -0.3 is 9.64 Å². The maximum absolute atomic E-state index is 6.61. The maximum Gasteiger partial charge on any atom is 0.143 e. The summed E-state index contributed by atoms with van der Waals surface area (Å²) in [7, 11) is 4.11. The van der Waals surface area contributed by atoms with Crippen LogP contribution in [0.2, 0.25) is 0 Å². The standard InChI is InChI=1S/C32H33NO/c1-5-34-32(28-9-7-6-8-10-28,29-19-11-25(2)12-20-29)30-21-15-26(16-22-30)13-14-27-17-23-31(24-18-27)33(3)4/h6-24H,5H2,1-4H3/b14-13+. The van der Waals surface area contributed by atoms with Gasteiger partial charge in [-0.15, -0.1) is 0 Å². The molecule has 0 radical (unpaired) electrons. The molecule has 0 aliphatic rings. The van der Waals surface area contributed by atoms with Gasteiger partial charge in [-0.3, -0.25) is 0 Å². The molecule has 1 atom stereocenters. The summed E-state index contributed by atoms with van der Waals surface area (Å²) in [5, 5.41) is 0. The Morgan fingerprint density at radius 3 is 1.62 bits per heavy atom. The van der Waals surface area contributed by atoms with E-state index in [4.69, 9.17) is 4.74 Å². The van der Waals surface area contributed by atoms with Gasteiger partial charge in [-0.05, 0) is 53.8 Å². The molecule has 0 aromatic heterocycles. The summed E-state index contributed by atoms with van der Waals surface area (Å²) in [6.07, 6.45) is 4.31. The Balaban J connectivity index is 1.70. The lowest BCUT2D eigenvalue weighted by atomic mass is 9.79. The first-order valence-corrected chi connectivity index (χ1v) is 11.9. The molecule has 0 amide bonds. The Morgan fingerprint density at radius 1 is 0.647 bits per heavy atom. The van der Waals surface area contributed by atoms with Crippen molar-refractivity contribution >= 4 is 17.8 Å². The minimum absolute atomic E-state index is 0.605. The van der Waals surface area contributed by atoms with Gasteiger partial charge in [0.05, 0.1) is 0 Å². The summed E-state index contributed by atoms with van der Waals surface area (Å²) in [5.41, 5.74) is 7.50. The van der Waals surface area contributed by atoms with Crippen LogP contribution in [0.15, 0.2) is 103 Å². The molecule has 172 valence electrons. The zero-order valence-corrected chi connectivity index (χ0v) is 20.5. The molecule has 4 aromatic carbocycles. The highest BCUT2D eigenvalue weighted by Gasteiger charge is 2.37. The van der Waals surface area contributed by atoms with Gasteiger partial charge in [0.15, 0.2) is 0 Å².